The smallest absolute Gasteiger partial charge is 0.243 e. The van der Waals surface area contributed by atoms with Crippen molar-refractivity contribution < 1.29 is 9.18 Å². The number of aryl methyl sites for hydroxylation is 1. The third kappa shape index (κ3) is 1.86. The van der Waals surface area contributed by atoms with Gasteiger partial charge < -0.3 is 0 Å². The van der Waals surface area contributed by atoms with Crippen molar-refractivity contribution in [1.82, 2.24) is 9.78 Å². The number of halogens is 1. The molecule has 2 aromatic rings. The predicted molar refractivity (Wildman–Crippen MR) is 58.7 cm³/mol. The maximum atomic E-state index is 13.3. The summed E-state index contributed by atoms with van der Waals surface area (Å²) in [5, 5.41) is 3.89. The van der Waals surface area contributed by atoms with E-state index >= 15 is 0 Å². The number of nitrogens with zero attached hydrogens (tertiary/aromatic N) is 2. The molecule has 0 fully saturated rings. The van der Waals surface area contributed by atoms with Crippen LogP contribution in [0.2, 0.25) is 0 Å². The number of benzene rings is 1. The normalized spacial score (nSPS) is 10.4. The maximum Gasteiger partial charge on any atom is 0.243 e. The van der Waals surface area contributed by atoms with Crippen LogP contribution in [0, 0.1) is 12.7 Å². The molecule has 0 N–H and O–H groups in total. The fourth-order valence-electron chi connectivity index (χ4n) is 1.42. The Morgan fingerprint density at radius 3 is 2.69 bits per heavy atom. The second kappa shape index (κ2) is 3.89. The van der Waals surface area contributed by atoms with Gasteiger partial charge in [0, 0.05) is 18.7 Å². The zero-order chi connectivity index (χ0) is 11.7. The lowest BCUT2D eigenvalue weighted by Crippen LogP contribution is -2.04. The third-order valence-electron chi connectivity index (χ3n) is 2.41. The highest BCUT2D eigenvalue weighted by Gasteiger charge is 2.06. The first-order valence-electron chi connectivity index (χ1n) is 4.90. The minimum absolute atomic E-state index is 0.168. The van der Waals surface area contributed by atoms with Gasteiger partial charge in [0.1, 0.15) is 5.82 Å². The van der Waals surface area contributed by atoms with E-state index in [9.17, 15) is 9.18 Å². The lowest BCUT2D eigenvalue weighted by molar-refractivity contribution is 0.0921. The minimum Gasteiger partial charge on any atom is -0.273 e. The highest BCUT2D eigenvalue weighted by molar-refractivity contribution is 5.76. The first-order chi connectivity index (χ1) is 7.58. The van der Waals surface area contributed by atoms with Crippen LogP contribution in [0.1, 0.15) is 17.3 Å². The van der Waals surface area contributed by atoms with E-state index in [4.69, 9.17) is 0 Å². The number of carbonyl (C=O) groups excluding carboxylic acids is 1. The molecule has 0 atom stereocenters. The van der Waals surface area contributed by atoms with Crippen LogP contribution >= 0.6 is 0 Å². The van der Waals surface area contributed by atoms with Crippen molar-refractivity contribution in [2.24, 2.45) is 0 Å². The van der Waals surface area contributed by atoms with Gasteiger partial charge in [-0.15, -0.1) is 0 Å². The quantitative estimate of drug-likeness (QED) is 0.737. The molecule has 0 aliphatic carbocycles. The molecule has 0 amide bonds. The zero-order valence-electron chi connectivity index (χ0n) is 9.07. The molecule has 3 nitrogen and oxygen atoms in total. The fourth-order valence-corrected chi connectivity index (χ4v) is 1.42. The molecule has 0 spiro atoms. The number of hydrogen-bond donors (Lipinski definition) is 0. The predicted octanol–water partition coefficient (Wildman–Crippen LogP) is 2.66. The van der Waals surface area contributed by atoms with Crippen molar-refractivity contribution in [3.8, 4) is 11.1 Å². The van der Waals surface area contributed by atoms with Crippen LogP contribution in [0.15, 0.2) is 30.6 Å². The Balaban J connectivity index is 2.42. The highest BCUT2D eigenvalue weighted by Crippen LogP contribution is 2.20. The van der Waals surface area contributed by atoms with E-state index in [0.29, 0.717) is 5.56 Å². The first-order valence-corrected chi connectivity index (χ1v) is 4.90. The molecule has 0 aliphatic heterocycles. The van der Waals surface area contributed by atoms with Gasteiger partial charge in [0.15, 0.2) is 0 Å². The number of hydrogen-bond acceptors (Lipinski definition) is 2. The summed E-state index contributed by atoms with van der Waals surface area (Å²) in [6.07, 6.45) is 3.14. The van der Waals surface area contributed by atoms with Crippen molar-refractivity contribution >= 4 is 5.91 Å². The Morgan fingerprint density at radius 2 is 2.12 bits per heavy atom. The number of carbonyl (C=O) groups is 1. The molecule has 0 bridgehead atoms. The van der Waals surface area contributed by atoms with Crippen molar-refractivity contribution in [3.63, 3.8) is 0 Å². The van der Waals surface area contributed by atoms with Crippen LogP contribution in [-0.2, 0) is 0 Å². The van der Waals surface area contributed by atoms with E-state index in [0.717, 1.165) is 11.1 Å². The Hall–Kier alpha value is -1.97. The van der Waals surface area contributed by atoms with Crippen LogP contribution < -0.4 is 0 Å². The Bertz CT molecular complexity index is 546. The summed E-state index contributed by atoms with van der Waals surface area (Å²) >= 11 is 0. The van der Waals surface area contributed by atoms with Crippen LogP contribution in [-0.4, -0.2) is 15.7 Å². The van der Waals surface area contributed by atoms with Gasteiger partial charge in [-0.2, -0.15) is 5.10 Å². The average Bonchev–Trinajstić information content (AvgIpc) is 2.71. The van der Waals surface area contributed by atoms with E-state index in [1.54, 1.807) is 31.5 Å². The van der Waals surface area contributed by atoms with Crippen molar-refractivity contribution in [3.05, 3.63) is 42.0 Å². The minimum atomic E-state index is -0.256. The molecular weight excluding hydrogens is 207 g/mol. The van der Waals surface area contributed by atoms with E-state index in [1.165, 1.54) is 17.7 Å². The molecule has 1 heterocycles. The van der Waals surface area contributed by atoms with Gasteiger partial charge in [-0.25, -0.2) is 9.07 Å². The summed E-state index contributed by atoms with van der Waals surface area (Å²) in [6, 6.07) is 4.95. The second-order valence-electron chi connectivity index (χ2n) is 3.66. The topological polar surface area (TPSA) is 34.9 Å². The van der Waals surface area contributed by atoms with E-state index in [2.05, 4.69) is 5.10 Å². The van der Waals surface area contributed by atoms with Crippen LogP contribution in [0.3, 0.4) is 0 Å². The fraction of sp³-hybridized carbons (Fsp3) is 0.167. The molecule has 0 unspecified atom stereocenters. The van der Waals surface area contributed by atoms with E-state index < -0.39 is 0 Å². The Morgan fingerprint density at radius 1 is 1.38 bits per heavy atom. The van der Waals surface area contributed by atoms with Gasteiger partial charge >= 0.3 is 0 Å². The SMILES string of the molecule is CC(=O)n1cc(-c2ccc(C)c(F)c2)cn1. The summed E-state index contributed by atoms with van der Waals surface area (Å²) in [5.41, 5.74) is 2.05. The number of rotatable bonds is 1. The molecule has 4 heteroatoms. The van der Waals surface area contributed by atoms with E-state index in [-0.39, 0.29) is 11.7 Å². The maximum absolute atomic E-state index is 13.3. The van der Waals surface area contributed by atoms with Crippen molar-refractivity contribution in [2.45, 2.75) is 13.8 Å². The summed E-state index contributed by atoms with van der Waals surface area (Å²) in [7, 11) is 0. The summed E-state index contributed by atoms with van der Waals surface area (Å²) < 4.78 is 14.6. The molecule has 16 heavy (non-hydrogen) atoms. The molecule has 82 valence electrons. The van der Waals surface area contributed by atoms with Gasteiger partial charge in [0.05, 0.1) is 6.20 Å². The molecule has 0 aliphatic rings. The Labute approximate surface area is 92.5 Å². The van der Waals surface area contributed by atoms with Crippen molar-refractivity contribution in [1.29, 1.82) is 0 Å². The summed E-state index contributed by atoms with van der Waals surface area (Å²) in [6.45, 7) is 3.13. The molecule has 0 saturated carbocycles. The standard InChI is InChI=1S/C12H11FN2O/c1-8-3-4-10(5-12(8)13)11-6-14-15(7-11)9(2)16/h3-7H,1-2H3. The molecule has 2 rings (SSSR count). The van der Waals surface area contributed by atoms with Crippen LogP contribution in [0.25, 0.3) is 11.1 Å². The molecule has 1 aromatic carbocycles. The first kappa shape index (κ1) is 10.5. The molecule has 0 saturated heterocycles. The molecule has 0 radical (unpaired) electrons. The lowest BCUT2D eigenvalue weighted by Gasteiger charge is -1.99. The third-order valence-corrected chi connectivity index (χ3v) is 2.41. The van der Waals surface area contributed by atoms with Gasteiger partial charge in [-0.3, -0.25) is 4.79 Å². The zero-order valence-corrected chi connectivity index (χ0v) is 9.07. The summed E-state index contributed by atoms with van der Waals surface area (Å²) in [5.74, 6) is -0.424. The van der Waals surface area contributed by atoms with Crippen molar-refractivity contribution in [2.75, 3.05) is 0 Å². The number of aromatic nitrogens is 2. The average molecular weight is 218 g/mol. The Kier molecular flexibility index (Phi) is 2.56. The van der Waals surface area contributed by atoms with E-state index in [1.807, 2.05) is 0 Å². The highest BCUT2D eigenvalue weighted by atomic mass is 19.1. The summed E-state index contributed by atoms with van der Waals surface area (Å²) in [4.78, 5) is 11.0. The monoisotopic (exact) mass is 218 g/mol. The molecular formula is C12H11FN2O. The lowest BCUT2D eigenvalue weighted by atomic mass is 10.1. The van der Waals surface area contributed by atoms with Crippen LogP contribution in [0.5, 0.6) is 0 Å². The molecule has 1 aromatic heterocycles. The van der Waals surface area contributed by atoms with Crippen LogP contribution in [0.4, 0.5) is 4.39 Å². The van der Waals surface area contributed by atoms with Gasteiger partial charge in [-0.05, 0) is 24.1 Å². The second-order valence-corrected chi connectivity index (χ2v) is 3.66. The largest absolute Gasteiger partial charge is 0.273 e. The van der Waals surface area contributed by atoms with Gasteiger partial charge in [-0.1, -0.05) is 12.1 Å². The van der Waals surface area contributed by atoms with Gasteiger partial charge in [0.25, 0.3) is 0 Å². The van der Waals surface area contributed by atoms with Gasteiger partial charge in [0.2, 0.25) is 5.91 Å².